The van der Waals surface area contributed by atoms with E-state index in [-0.39, 0.29) is 12.1 Å². The van der Waals surface area contributed by atoms with Crippen molar-refractivity contribution >= 4 is 22.4 Å². The molecule has 6 nitrogen and oxygen atoms in total. The Morgan fingerprint density at radius 2 is 1.93 bits per heavy atom. The zero-order valence-corrected chi connectivity index (χ0v) is 16.2. The van der Waals surface area contributed by atoms with E-state index >= 15 is 0 Å². The lowest BCUT2D eigenvalue weighted by atomic mass is 9.93. The second kappa shape index (κ2) is 7.95. The first-order valence-electron chi connectivity index (χ1n) is 10.1. The Labute approximate surface area is 171 Å². The van der Waals surface area contributed by atoms with Crippen molar-refractivity contribution < 1.29 is 13.5 Å². The molecule has 3 heterocycles. The summed E-state index contributed by atoms with van der Waals surface area (Å²) in [7, 11) is 0. The Bertz CT molecular complexity index is 1170. The van der Waals surface area contributed by atoms with Crippen molar-refractivity contribution in [2.24, 2.45) is 0 Å². The Balaban J connectivity index is 1.33. The summed E-state index contributed by atoms with van der Waals surface area (Å²) < 4.78 is 31.1. The van der Waals surface area contributed by atoms with Gasteiger partial charge in [-0.2, -0.15) is 8.78 Å². The van der Waals surface area contributed by atoms with Gasteiger partial charge >= 0.3 is 6.61 Å². The number of nitrogens with one attached hydrogen (secondary N) is 1. The average Bonchev–Trinajstić information content (AvgIpc) is 3.18. The van der Waals surface area contributed by atoms with Crippen LogP contribution in [0.25, 0.3) is 27.5 Å². The maximum Gasteiger partial charge on any atom is 0.345 e. The zero-order chi connectivity index (χ0) is 20.5. The number of alkyl halides is 2. The molecular weight excluding hydrogens is 388 g/mol. The Morgan fingerprint density at radius 1 is 1.07 bits per heavy atom. The van der Waals surface area contributed by atoms with Crippen molar-refractivity contribution in [3.05, 3.63) is 55.0 Å². The minimum atomic E-state index is -2.70. The summed E-state index contributed by atoms with van der Waals surface area (Å²) in [5.41, 5.74) is 4.01. The second-order valence-corrected chi connectivity index (χ2v) is 7.57. The molecule has 5 rings (SSSR count). The van der Waals surface area contributed by atoms with Gasteiger partial charge < -0.3 is 10.1 Å². The van der Waals surface area contributed by atoms with Crippen LogP contribution in [-0.2, 0) is 4.74 Å². The minimum Gasteiger partial charge on any atom is -0.350 e. The quantitative estimate of drug-likeness (QED) is 0.508. The van der Waals surface area contributed by atoms with Crippen LogP contribution in [0.5, 0.6) is 0 Å². The standard InChI is InChI=1S/C22H21F2N5O/c23-21(24)30-17-6-4-16(5-7-17)27-22-26-13-20-18(9-11-29(20)28-22)14-3-8-19-15(12-14)2-1-10-25-19/h1-3,8-13,16-17,21H,4-7H2,(H,27,28). The summed E-state index contributed by atoms with van der Waals surface area (Å²) in [6, 6.07) is 12.3. The number of pyridine rings is 1. The van der Waals surface area contributed by atoms with Gasteiger partial charge in [0.25, 0.3) is 0 Å². The highest BCUT2D eigenvalue weighted by Gasteiger charge is 2.24. The normalized spacial score (nSPS) is 19.6. The molecule has 30 heavy (non-hydrogen) atoms. The van der Waals surface area contributed by atoms with Crippen LogP contribution in [0.2, 0.25) is 0 Å². The first-order valence-corrected chi connectivity index (χ1v) is 10.1. The number of benzene rings is 1. The average molecular weight is 409 g/mol. The molecule has 154 valence electrons. The number of rotatable bonds is 5. The summed E-state index contributed by atoms with van der Waals surface area (Å²) in [4.78, 5) is 8.85. The topological polar surface area (TPSA) is 64.3 Å². The lowest BCUT2D eigenvalue weighted by Crippen LogP contribution is -2.31. The van der Waals surface area contributed by atoms with E-state index in [0.717, 1.165) is 40.4 Å². The molecule has 0 aliphatic heterocycles. The monoisotopic (exact) mass is 409 g/mol. The molecule has 0 atom stereocenters. The number of fused-ring (bicyclic) bond motifs is 2. The SMILES string of the molecule is FC(F)OC1CCC(Nc2ncc3c(-c4ccc5ncccc5c4)ccn3n2)CC1. The third-order valence-corrected chi connectivity index (χ3v) is 5.63. The van der Waals surface area contributed by atoms with Crippen LogP contribution in [0, 0.1) is 0 Å². The Morgan fingerprint density at radius 3 is 2.77 bits per heavy atom. The van der Waals surface area contributed by atoms with E-state index < -0.39 is 6.61 Å². The number of aromatic nitrogens is 4. The second-order valence-electron chi connectivity index (χ2n) is 7.57. The van der Waals surface area contributed by atoms with Gasteiger partial charge in [0.15, 0.2) is 0 Å². The fourth-order valence-electron chi connectivity index (χ4n) is 4.12. The Kier molecular flexibility index (Phi) is 5.00. The zero-order valence-electron chi connectivity index (χ0n) is 16.2. The number of hydrogen-bond donors (Lipinski definition) is 1. The molecule has 1 saturated carbocycles. The van der Waals surface area contributed by atoms with E-state index in [9.17, 15) is 8.78 Å². The van der Waals surface area contributed by atoms with Gasteiger partial charge in [0.2, 0.25) is 5.95 Å². The molecule has 1 fully saturated rings. The van der Waals surface area contributed by atoms with Crippen molar-refractivity contribution in [1.82, 2.24) is 19.6 Å². The fourth-order valence-corrected chi connectivity index (χ4v) is 4.12. The molecule has 1 aliphatic carbocycles. The highest BCUT2D eigenvalue weighted by molar-refractivity contribution is 5.88. The number of halogens is 2. The van der Waals surface area contributed by atoms with Crippen molar-refractivity contribution in [3.63, 3.8) is 0 Å². The molecule has 0 unspecified atom stereocenters. The van der Waals surface area contributed by atoms with Crippen molar-refractivity contribution in [3.8, 4) is 11.1 Å². The van der Waals surface area contributed by atoms with Gasteiger partial charge in [-0.25, -0.2) is 9.50 Å². The largest absolute Gasteiger partial charge is 0.350 e. The smallest absolute Gasteiger partial charge is 0.345 e. The number of ether oxygens (including phenoxy) is 1. The van der Waals surface area contributed by atoms with Gasteiger partial charge in [-0.15, -0.1) is 5.10 Å². The van der Waals surface area contributed by atoms with Crippen LogP contribution in [0.15, 0.2) is 55.0 Å². The van der Waals surface area contributed by atoms with Crippen molar-refractivity contribution in [2.45, 2.75) is 44.4 Å². The third-order valence-electron chi connectivity index (χ3n) is 5.63. The highest BCUT2D eigenvalue weighted by Crippen LogP contribution is 2.29. The van der Waals surface area contributed by atoms with Crippen molar-refractivity contribution in [2.75, 3.05) is 5.32 Å². The van der Waals surface area contributed by atoms with E-state index in [0.29, 0.717) is 18.8 Å². The summed E-state index contributed by atoms with van der Waals surface area (Å²) in [6.07, 6.45) is 7.86. The molecular formula is C22H21F2N5O. The lowest BCUT2D eigenvalue weighted by molar-refractivity contribution is -0.169. The van der Waals surface area contributed by atoms with Crippen molar-refractivity contribution in [1.29, 1.82) is 0 Å². The van der Waals surface area contributed by atoms with Crippen LogP contribution >= 0.6 is 0 Å². The van der Waals surface area contributed by atoms with E-state index in [2.05, 4.69) is 37.3 Å². The number of anilines is 1. The maximum absolute atomic E-state index is 12.3. The van der Waals surface area contributed by atoms with Crippen LogP contribution in [0.1, 0.15) is 25.7 Å². The summed E-state index contributed by atoms with van der Waals surface area (Å²) in [5.74, 6) is 0.533. The molecule has 8 heteroatoms. The molecule has 1 N–H and O–H groups in total. The maximum atomic E-state index is 12.3. The van der Waals surface area contributed by atoms with Gasteiger partial charge in [-0.1, -0.05) is 12.1 Å². The molecule has 0 saturated heterocycles. The molecule has 4 aromatic rings. The van der Waals surface area contributed by atoms with Crippen LogP contribution in [-0.4, -0.2) is 38.3 Å². The summed E-state index contributed by atoms with van der Waals surface area (Å²) >= 11 is 0. The minimum absolute atomic E-state index is 0.156. The van der Waals surface area contributed by atoms with Gasteiger partial charge in [-0.3, -0.25) is 4.98 Å². The van der Waals surface area contributed by atoms with E-state index in [4.69, 9.17) is 0 Å². The fraction of sp³-hybridized carbons (Fsp3) is 0.318. The van der Waals surface area contributed by atoms with E-state index in [1.165, 1.54) is 0 Å². The molecule has 1 aromatic carbocycles. The molecule has 0 amide bonds. The third kappa shape index (κ3) is 3.82. The van der Waals surface area contributed by atoms with Crippen LogP contribution in [0.4, 0.5) is 14.7 Å². The molecule has 0 bridgehead atoms. The van der Waals surface area contributed by atoms with Gasteiger partial charge in [0.05, 0.1) is 23.3 Å². The molecule has 1 aliphatic rings. The lowest BCUT2D eigenvalue weighted by Gasteiger charge is -2.28. The van der Waals surface area contributed by atoms with Crippen LogP contribution in [0.3, 0.4) is 0 Å². The number of hydrogen-bond acceptors (Lipinski definition) is 5. The van der Waals surface area contributed by atoms with Gasteiger partial charge in [0, 0.05) is 29.4 Å². The highest BCUT2D eigenvalue weighted by atomic mass is 19.3. The summed E-state index contributed by atoms with van der Waals surface area (Å²) in [6.45, 7) is -2.70. The predicted molar refractivity (Wildman–Crippen MR) is 110 cm³/mol. The molecule has 3 aromatic heterocycles. The summed E-state index contributed by atoms with van der Waals surface area (Å²) in [5, 5.41) is 8.99. The predicted octanol–water partition coefficient (Wildman–Crippen LogP) is 4.91. The van der Waals surface area contributed by atoms with E-state index in [1.807, 2.05) is 41.2 Å². The van der Waals surface area contributed by atoms with E-state index in [1.54, 1.807) is 6.20 Å². The van der Waals surface area contributed by atoms with Gasteiger partial charge in [-0.05, 0) is 55.5 Å². The van der Waals surface area contributed by atoms with Crippen LogP contribution < -0.4 is 5.32 Å². The first-order chi connectivity index (χ1) is 14.7. The molecule has 0 radical (unpaired) electrons. The van der Waals surface area contributed by atoms with Gasteiger partial charge in [0.1, 0.15) is 0 Å². The molecule has 0 spiro atoms. The number of nitrogens with zero attached hydrogens (tertiary/aromatic N) is 4. The first kappa shape index (κ1) is 18.9. The Hall–Kier alpha value is -3.13.